The van der Waals surface area contributed by atoms with Crippen LogP contribution in [0.2, 0.25) is 0 Å². The van der Waals surface area contributed by atoms with Crippen LogP contribution in [0.4, 0.5) is 11.4 Å². The maximum Gasteiger partial charge on any atom is 0.333 e. The summed E-state index contributed by atoms with van der Waals surface area (Å²) >= 11 is 2.01. The molecule has 9 aromatic rings. The molecule has 2 nitrogen and oxygen atoms in total. The predicted octanol–water partition coefficient (Wildman–Crippen LogP) is 15.6. The van der Waals surface area contributed by atoms with Crippen molar-refractivity contribution in [3.63, 3.8) is 0 Å². The Bertz CT molecular complexity index is 3600. The summed E-state index contributed by atoms with van der Waals surface area (Å²) in [5.74, 6) is 0. The van der Waals surface area contributed by atoms with Gasteiger partial charge in [-0.05, 0) is 138 Å². The molecule has 0 atom stereocenters. The Hall–Kier alpha value is -5.58. The summed E-state index contributed by atoms with van der Waals surface area (Å²) in [6, 6.07) is 46.1. The summed E-state index contributed by atoms with van der Waals surface area (Å²) in [5.41, 5.74) is 23.6. The highest BCUT2D eigenvalue weighted by atomic mass is 32.1. The molecule has 0 unspecified atom stereocenters. The van der Waals surface area contributed by atoms with E-state index in [4.69, 9.17) is 0 Å². The van der Waals surface area contributed by atoms with Gasteiger partial charge in [0.25, 0.3) is 0 Å². The maximum atomic E-state index is 2.79. The third-order valence-corrected chi connectivity index (χ3v) is 17.9. The lowest BCUT2D eigenvalue weighted by atomic mass is 9.43. The van der Waals surface area contributed by atoms with Crippen LogP contribution >= 0.6 is 11.3 Å². The molecule has 0 spiro atoms. The Labute approximate surface area is 389 Å². The summed E-state index contributed by atoms with van der Waals surface area (Å²) in [6.07, 6.45) is 2.35. The van der Waals surface area contributed by atoms with Gasteiger partial charge in [-0.25, -0.2) is 0 Å². The molecule has 0 radical (unpaired) electrons. The lowest BCUT2D eigenvalue weighted by Gasteiger charge is -2.46. The topological polar surface area (TPSA) is 8.17 Å². The standard InChI is InChI=1S/C61H59BN2S/c1-57(2,3)34-21-24-36(25-22-34)64-48-33-45-44(59(7,8)27-28-60(45,9)10)30-41(48)53-54-55-51(52-38-18-14-16-20-50(38)65-56(52)53)40-29-35(58(4,5)6)23-26-47(40)63(55)49-32-43-39(31-46(49)62(54)64)37-17-13-15-19-42(37)61(43,11)12/h13-26,29-33H,27-28H2,1-12H3. The Morgan fingerprint density at radius 2 is 1.20 bits per heavy atom. The molecule has 4 aliphatic rings. The van der Waals surface area contributed by atoms with Gasteiger partial charge >= 0.3 is 6.85 Å². The van der Waals surface area contributed by atoms with Crippen LogP contribution in [0.3, 0.4) is 0 Å². The van der Waals surface area contributed by atoms with E-state index in [9.17, 15) is 0 Å². The zero-order chi connectivity index (χ0) is 45.1. The highest BCUT2D eigenvalue weighted by Gasteiger charge is 2.49. The minimum absolute atomic E-state index is 0.00146. The summed E-state index contributed by atoms with van der Waals surface area (Å²) < 4.78 is 5.51. The summed E-state index contributed by atoms with van der Waals surface area (Å²) in [6.45, 7) is 28.8. The van der Waals surface area contributed by atoms with Crippen molar-refractivity contribution in [3.8, 4) is 27.9 Å². The number of aromatic nitrogens is 1. The van der Waals surface area contributed by atoms with Crippen LogP contribution in [0.25, 0.3) is 69.9 Å². The number of hydrogen-bond donors (Lipinski definition) is 0. The van der Waals surface area contributed by atoms with Crippen molar-refractivity contribution >= 4 is 82.5 Å². The summed E-state index contributed by atoms with van der Waals surface area (Å²) in [5, 5.41) is 5.54. The normalized spacial score (nSPS) is 17.4. The lowest BCUT2D eigenvalue weighted by Crippen LogP contribution is -2.60. The first-order chi connectivity index (χ1) is 30.8. The van der Waals surface area contributed by atoms with Gasteiger partial charge in [0, 0.05) is 64.5 Å². The number of rotatable bonds is 1. The molecule has 65 heavy (non-hydrogen) atoms. The van der Waals surface area contributed by atoms with Crippen LogP contribution in [0, 0.1) is 0 Å². The third kappa shape index (κ3) is 5.13. The van der Waals surface area contributed by atoms with Crippen LogP contribution in [-0.2, 0) is 27.1 Å². The molecule has 7 aromatic carbocycles. The molecule has 4 heteroatoms. The van der Waals surface area contributed by atoms with E-state index in [-0.39, 0.29) is 33.9 Å². The lowest BCUT2D eigenvalue weighted by molar-refractivity contribution is 0.332. The SMILES string of the molecule is CC(C)(C)c1ccc(N2B3c4cc5c(cc4-n4c6ccc(C(C)(C)C)cc6c6c7c(sc8ccccc87)c(c3c64)-c3cc4c(cc32)C(C)(C)CCC4(C)C)C(C)(C)c2ccccc2-5)cc1. The molecule has 0 saturated heterocycles. The van der Waals surface area contributed by atoms with Gasteiger partial charge in [0.15, 0.2) is 0 Å². The van der Waals surface area contributed by atoms with Crippen molar-refractivity contribution in [1.29, 1.82) is 0 Å². The molecule has 0 bridgehead atoms. The minimum Gasteiger partial charge on any atom is -0.376 e. The Kier molecular flexibility index (Phi) is 7.61. The van der Waals surface area contributed by atoms with E-state index in [0.717, 1.165) is 0 Å². The van der Waals surface area contributed by atoms with Crippen LogP contribution in [0.1, 0.15) is 129 Å². The van der Waals surface area contributed by atoms with Gasteiger partial charge in [0.05, 0.1) is 11.0 Å². The number of fused-ring (bicyclic) bond motifs is 17. The Morgan fingerprint density at radius 1 is 0.554 bits per heavy atom. The van der Waals surface area contributed by atoms with Gasteiger partial charge in [0.1, 0.15) is 0 Å². The third-order valence-electron chi connectivity index (χ3n) is 16.7. The summed E-state index contributed by atoms with van der Waals surface area (Å²) in [7, 11) is 0. The van der Waals surface area contributed by atoms with Gasteiger partial charge in [-0.3, -0.25) is 0 Å². The van der Waals surface area contributed by atoms with E-state index in [1.54, 1.807) is 0 Å². The van der Waals surface area contributed by atoms with Crippen molar-refractivity contribution < 1.29 is 0 Å². The first-order valence-corrected chi connectivity index (χ1v) is 24.9. The fraction of sp³-hybridized carbons (Fsp3) is 0.311. The van der Waals surface area contributed by atoms with Crippen molar-refractivity contribution in [2.24, 2.45) is 0 Å². The van der Waals surface area contributed by atoms with Gasteiger partial charge < -0.3 is 9.38 Å². The zero-order valence-corrected chi connectivity index (χ0v) is 41.1. The molecule has 2 aliphatic heterocycles. The highest BCUT2D eigenvalue weighted by molar-refractivity contribution is 7.27. The average Bonchev–Trinajstić information content (AvgIpc) is 3.89. The Balaban J connectivity index is 1.28. The van der Waals surface area contributed by atoms with Crippen molar-refractivity contribution in [2.75, 3.05) is 4.81 Å². The predicted molar refractivity (Wildman–Crippen MR) is 283 cm³/mol. The first kappa shape index (κ1) is 39.8. The number of thiophene rings is 1. The molecule has 0 amide bonds. The molecule has 0 N–H and O–H groups in total. The van der Waals surface area contributed by atoms with Gasteiger partial charge in [-0.2, -0.15) is 0 Å². The number of hydrogen-bond acceptors (Lipinski definition) is 2. The van der Waals surface area contributed by atoms with E-state index in [1.165, 1.54) is 138 Å². The molecule has 2 aliphatic carbocycles. The van der Waals surface area contributed by atoms with E-state index < -0.39 is 0 Å². The second-order valence-corrected chi connectivity index (χ2v) is 25.1. The number of benzene rings is 7. The van der Waals surface area contributed by atoms with E-state index in [2.05, 4.69) is 208 Å². The molecule has 0 fully saturated rings. The molecular formula is C61H59BN2S. The van der Waals surface area contributed by atoms with Crippen molar-refractivity contribution in [3.05, 3.63) is 149 Å². The second-order valence-electron chi connectivity index (χ2n) is 24.0. The van der Waals surface area contributed by atoms with Gasteiger partial charge in [-0.1, -0.05) is 150 Å². The monoisotopic (exact) mass is 862 g/mol. The van der Waals surface area contributed by atoms with E-state index in [0.29, 0.717) is 0 Å². The molecule has 322 valence electrons. The molecule has 2 aromatic heterocycles. The second kappa shape index (κ2) is 12.4. The molecule has 13 rings (SSSR count). The highest BCUT2D eigenvalue weighted by Crippen LogP contribution is 2.57. The zero-order valence-electron chi connectivity index (χ0n) is 40.3. The molecular weight excluding hydrogens is 804 g/mol. The molecule has 4 heterocycles. The number of nitrogens with zero attached hydrogens (tertiary/aromatic N) is 2. The van der Waals surface area contributed by atoms with Crippen molar-refractivity contribution in [1.82, 2.24) is 4.57 Å². The molecule has 0 saturated carbocycles. The van der Waals surface area contributed by atoms with E-state index >= 15 is 0 Å². The largest absolute Gasteiger partial charge is 0.376 e. The van der Waals surface area contributed by atoms with Crippen LogP contribution < -0.4 is 15.7 Å². The maximum absolute atomic E-state index is 2.79. The first-order valence-electron chi connectivity index (χ1n) is 24.1. The fourth-order valence-corrected chi connectivity index (χ4v) is 14.2. The summed E-state index contributed by atoms with van der Waals surface area (Å²) in [4.78, 5) is 2.79. The average molecular weight is 863 g/mol. The quantitative estimate of drug-likeness (QED) is 0.149. The van der Waals surface area contributed by atoms with Gasteiger partial charge in [-0.15, -0.1) is 11.3 Å². The Morgan fingerprint density at radius 3 is 1.92 bits per heavy atom. The van der Waals surface area contributed by atoms with Gasteiger partial charge in [0.2, 0.25) is 0 Å². The smallest absolute Gasteiger partial charge is 0.333 e. The minimum atomic E-state index is -0.138. The van der Waals surface area contributed by atoms with Crippen LogP contribution in [0.15, 0.2) is 115 Å². The van der Waals surface area contributed by atoms with E-state index in [1.807, 2.05) is 11.3 Å². The van der Waals surface area contributed by atoms with Crippen LogP contribution in [-0.4, -0.2) is 11.4 Å². The fourth-order valence-electron chi connectivity index (χ4n) is 12.9. The van der Waals surface area contributed by atoms with Crippen LogP contribution in [0.5, 0.6) is 0 Å². The van der Waals surface area contributed by atoms with Crippen molar-refractivity contribution in [2.45, 2.75) is 123 Å². The number of anilines is 2.